The summed E-state index contributed by atoms with van der Waals surface area (Å²) in [5.74, 6) is -0.418. The average Bonchev–Trinajstić information content (AvgIpc) is 3.50. The lowest BCUT2D eigenvalue weighted by Gasteiger charge is -2.24. The van der Waals surface area contributed by atoms with E-state index in [-0.39, 0.29) is 55.4 Å². The highest BCUT2D eigenvalue weighted by Crippen LogP contribution is 2.36. The summed E-state index contributed by atoms with van der Waals surface area (Å²) in [5, 5.41) is 11.2. The van der Waals surface area contributed by atoms with Crippen LogP contribution in [0.1, 0.15) is 62.9 Å². The number of hydrogen-bond acceptors (Lipinski definition) is 8. The van der Waals surface area contributed by atoms with E-state index in [1.165, 1.54) is 30.3 Å². The third-order valence-corrected chi connectivity index (χ3v) is 11.3. The Bertz CT molecular complexity index is 2610. The smallest absolute Gasteiger partial charge is 0.279 e. The summed E-state index contributed by atoms with van der Waals surface area (Å²) < 4.78 is 35.7. The Morgan fingerprint density at radius 3 is 2.51 bits per heavy atom. The highest BCUT2D eigenvalue weighted by Gasteiger charge is 2.36. The van der Waals surface area contributed by atoms with Crippen LogP contribution in [0.25, 0.3) is 6.08 Å². The van der Waals surface area contributed by atoms with E-state index in [1.807, 2.05) is 48.6 Å². The Morgan fingerprint density at radius 2 is 1.76 bits per heavy atom. The lowest BCUT2D eigenvalue weighted by atomic mass is 10.00. The number of fused-ring (bicyclic) bond motifs is 8. The Kier molecular flexibility index (Phi) is 6.91. The maximum absolute atomic E-state index is 14.0. The minimum Gasteiger partial charge on any atom is -0.454 e. The van der Waals surface area contributed by atoms with Gasteiger partial charge in [0.05, 0.1) is 27.1 Å². The van der Waals surface area contributed by atoms with Crippen LogP contribution in [0.15, 0.2) is 98.7 Å². The summed E-state index contributed by atoms with van der Waals surface area (Å²) >= 11 is 0. The molecule has 4 aromatic rings. The molecule has 2 atom stereocenters. The van der Waals surface area contributed by atoms with Gasteiger partial charge in [0.2, 0.25) is 9.84 Å². The molecule has 3 aliphatic heterocycles. The van der Waals surface area contributed by atoms with Gasteiger partial charge in [0.25, 0.3) is 5.91 Å². The van der Waals surface area contributed by atoms with E-state index in [9.17, 15) is 23.3 Å². The second kappa shape index (κ2) is 11.1. The van der Waals surface area contributed by atoms with E-state index in [0.717, 1.165) is 24.3 Å². The minimum absolute atomic E-state index is 0.0119. The molecular formula is C38H29N5O5S. The number of nitrogens with zero attached hydrogens (tertiary/aromatic N) is 5. The number of amides is 1. The fourth-order valence-electron chi connectivity index (χ4n) is 6.94. The molecule has 242 valence electrons. The van der Waals surface area contributed by atoms with Crippen molar-refractivity contribution in [2.24, 2.45) is 9.98 Å². The number of nitriles is 1. The molecule has 1 aliphatic carbocycles. The van der Waals surface area contributed by atoms with Gasteiger partial charge in [0.15, 0.2) is 17.0 Å². The van der Waals surface area contributed by atoms with E-state index in [0.29, 0.717) is 22.0 Å². The van der Waals surface area contributed by atoms with Crippen molar-refractivity contribution >= 4 is 33.3 Å². The Balaban J connectivity index is 1.32. The molecule has 1 amide bonds. The number of ether oxygens (including phenoxy) is 1. The number of pyridine rings is 1. The molecule has 3 aromatic carbocycles. The van der Waals surface area contributed by atoms with E-state index in [2.05, 4.69) is 29.8 Å². The molecule has 0 N–H and O–H groups in total. The van der Waals surface area contributed by atoms with E-state index < -0.39 is 21.5 Å². The van der Waals surface area contributed by atoms with Gasteiger partial charge in [-0.15, -0.1) is 0 Å². The number of aryl methyl sites for hydroxylation is 1. The highest BCUT2D eigenvalue weighted by atomic mass is 32.2. The Hall–Kier alpha value is -5.86. The van der Waals surface area contributed by atoms with Gasteiger partial charge >= 0.3 is 0 Å². The fourth-order valence-corrected chi connectivity index (χ4v) is 8.70. The molecule has 8 rings (SSSR count). The van der Waals surface area contributed by atoms with Gasteiger partial charge in [0, 0.05) is 47.1 Å². The largest absolute Gasteiger partial charge is 0.454 e. The van der Waals surface area contributed by atoms with Crippen LogP contribution in [0.2, 0.25) is 0 Å². The molecule has 0 bridgehead atoms. The molecule has 2 unspecified atom stereocenters. The van der Waals surface area contributed by atoms with E-state index >= 15 is 0 Å². The molecule has 10 nitrogen and oxygen atoms in total. The van der Waals surface area contributed by atoms with Crippen LogP contribution in [0.4, 0.5) is 5.69 Å². The third kappa shape index (κ3) is 4.55. The number of anilines is 1. The molecule has 4 aliphatic rings. The molecule has 49 heavy (non-hydrogen) atoms. The average molecular weight is 668 g/mol. The number of allylic oxidation sites excluding steroid dienone is 2. The van der Waals surface area contributed by atoms with Crippen molar-refractivity contribution in [2.45, 2.75) is 42.6 Å². The van der Waals surface area contributed by atoms with Crippen LogP contribution in [0.5, 0.6) is 11.5 Å². The molecule has 0 fully saturated rings. The van der Waals surface area contributed by atoms with E-state index in [4.69, 9.17) is 9.73 Å². The van der Waals surface area contributed by atoms with Gasteiger partial charge in [0.1, 0.15) is 22.9 Å². The number of hydrogen-bond donors (Lipinski definition) is 0. The van der Waals surface area contributed by atoms with Crippen molar-refractivity contribution < 1.29 is 22.7 Å². The number of ketones is 1. The summed E-state index contributed by atoms with van der Waals surface area (Å²) in [4.78, 5) is 38.6. The number of rotatable bonds is 4. The van der Waals surface area contributed by atoms with Crippen LogP contribution < -0.4 is 25.8 Å². The molecule has 1 aromatic heterocycles. The maximum atomic E-state index is 14.0. The van der Waals surface area contributed by atoms with Gasteiger partial charge in [-0.3, -0.25) is 19.1 Å². The fraction of sp³-hybridized carbons (Fsp3) is 0.184. The second-order valence-corrected chi connectivity index (χ2v) is 14.1. The lowest BCUT2D eigenvalue weighted by Crippen LogP contribution is -2.46. The van der Waals surface area contributed by atoms with Crippen LogP contribution in [0, 0.1) is 18.3 Å². The first-order valence-corrected chi connectivity index (χ1v) is 17.5. The van der Waals surface area contributed by atoms with Gasteiger partial charge in [-0.05, 0) is 74.9 Å². The van der Waals surface area contributed by atoms with Gasteiger partial charge in [-0.2, -0.15) is 10.3 Å². The van der Waals surface area contributed by atoms with E-state index in [1.54, 1.807) is 17.6 Å². The van der Waals surface area contributed by atoms with Crippen LogP contribution >= 0.6 is 0 Å². The van der Waals surface area contributed by atoms with Gasteiger partial charge in [-0.1, -0.05) is 30.4 Å². The molecule has 4 heterocycles. The first-order chi connectivity index (χ1) is 23.6. The highest BCUT2D eigenvalue weighted by molar-refractivity contribution is 7.91. The molecule has 0 saturated heterocycles. The maximum Gasteiger partial charge on any atom is 0.279 e. The van der Waals surface area contributed by atoms with Crippen molar-refractivity contribution in [3.63, 3.8) is 0 Å². The molecular weight excluding hydrogens is 639 g/mol. The first-order valence-electron chi connectivity index (χ1n) is 16.0. The van der Waals surface area contributed by atoms with Crippen molar-refractivity contribution in [3.05, 3.63) is 128 Å². The Morgan fingerprint density at radius 1 is 1.02 bits per heavy atom. The monoisotopic (exact) mass is 667 g/mol. The topological polar surface area (TPSA) is 134 Å². The zero-order valence-electron chi connectivity index (χ0n) is 26.8. The third-order valence-electron chi connectivity index (χ3n) is 9.43. The predicted octanol–water partition coefficient (Wildman–Crippen LogP) is 4.24. The number of carbonyl (C=O) groups excluding carboxylic acids is 2. The van der Waals surface area contributed by atoms with Crippen molar-refractivity contribution in [3.8, 4) is 17.6 Å². The van der Waals surface area contributed by atoms with Crippen molar-refractivity contribution in [1.29, 1.82) is 5.26 Å². The summed E-state index contributed by atoms with van der Waals surface area (Å²) in [7, 11) is -4.11. The predicted molar refractivity (Wildman–Crippen MR) is 181 cm³/mol. The molecule has 0 spiro atoms. The van der Waals surface area contributed by atoms with Gasteiger partial charge < -0.3 is 9.64 Å². The van der Waals surface area contributed by atoms with Crippen molar-refractivity contribution in [2.75, 3.05) is 18.0 Å². The van der Waals surface area contributed by atoms with Crippen LogP contribution in [-0.2, 0) is 9.84 Å². The van der Waals surface area contributed by atoms with Crippen molar-refractivity contribution in [1.82, 2.24) is 4.57 Å². The number of benzene rings is 3. The summed E-state index contributed by atoms with van der Waals surface area (Å²) in [6, 6.07) is 16.1. The first kappa shape index (κ1) is 30.5. The molecule has 0 radical (unpaired) electrons. The summed E-state index contributed by atoms with van der Waals surface area (Å²) in [5.41, 5.74) is 3.13. The Labute approximate surface area is 281 Å². The number of sulfone groups is 1. The molecule has 0 saturated carbocycles. The summed E-state index contributed by atoms with van der Waals surface area (Å²) in [6.45, 7) is 7.50. The van der Waals surface area contributed by atoms with Crippen LogP contribution in [-0.4, -0.2) is 43.8 Å². The second-order valence-electron chi connectivity index (χ2n) is 12.2. The normalized spacial score (nSPS) is 18.7. The summed E-state index contributed by atoms with van der Waals surface area (Å²) in [6.07, 6.45) is 9.60. The number of carbonyl (C=O) groups is 2. The lowest BCUT2D eigenvalue weighted by molar-refractivity contribution is 0.0992. The number of aromatic nitrogens is 1. The standard InChI is InChI=1S/C38H29N5O5S/c1-4-42(5-2)24-13-11-22-17-27-35(48-31(22)19-24)28(20-39)37(43-30-9-7-6-8-29(30)40-36(27)43)41-38(45)23-12-15-26-33(18-23)49(46,47)32-16-21(3)10-14-25(32)34(26)44/h6-19,29-30H,4-5H2,1-3H3/b41-37-. The zero-order chi connectivity index (χ0) is 34.2. The molecule has 11 heteroatoms. The zero-order valence-corrected chi connectivity index (χ0v) is 27.7. The SMILES string of the molecule is CCN(CC)c1ccc2c(c1)Oc1c(C#N)/c(=N/C(=O)c3ccc4c(c3)S(=O)(=O)c3cc(C)ccc3C4=O)n3c(c1=C2)=NC1C=CC=CC13. The van der Waals surface area contributed by atoms with Gasteiger partial charge in [-0.25, -0.2) is 8.42 Å². The minimum atomic E-state index is -4.11. The van der Waals surface area contributed by atoms with Crippen LogP contribution in [0.3, 0.4) is 0 Å². The quantitative estimate of drug-likeness (QED) is 0.275.